The second-order valence-electron chi connectivity index (χ2n) is 5.66. The topological polar surface area (TPSA) is 71.7 Å². The van der Waals surface area contributed by atoms with Crippen LogP contribution in [0, 0.1) is 13.8 Å². The summed E-state index contributed by atoms with van der Waals surface area (Å²) in [6, 6.07) is 3.78. The minimum Gasteiger partial charge on any atom is -0.467 e. The standard InChI is InChI=1S/C18H28N4O2S.HI/c1-4-19-18(21-10-8-17-14(2)22-15(3)25-17)20-9-6-11-23-13-16-7-5-12-24-16;/h5,7,12H,4,6,8-11,13H2,1-3H3,(H2,19,20,21);1H. The summed E-state index contributed by atoms with van der Waals surface area (Å²) in [5.41, 5.74) is 1.14. The van der Waals surface area contributed by atoms with E-state index in [0.29, 0.717) is 13.2 Å². The zero-order valence-corrected chi connectivity index (χ0v) is 18.9. The number of ether oxygens (including phenoxy) is 1. The Bertz CT molecular complexity index is 644. The highest BCUT2D eigenvalue weighted by Crippen LogP contribution is 2.16. The van der Waals surface area contributed by atoms with Crippen LogP contribution in [-0.2, 0) is 17.8 Å². The van der Waals surface area contributed by atoms with Gasteiger partial charge in [-0.3, -0.25) is 4.99 Å². The van der Waals surface area contributed by atoms with E-state index in [-0.39, 0.29) is 24.0 Å². The van der Waals surface area contributed by atoms with Gasteiger partial charge in [-0.25, -0.2) is 4.98 Å². The molecule has 8 heteroatoms. The van der Waals surface area contributed by atoms with Crippen LogP contribution in [0.2, 0.25) is 0 Å². The van der Waals surface area contributed by atoms with Crippen molar-refractivity contribution in [2.45, 2.75) is 40.2 Å². The lowest BCUT2D eigenvalue weighted by Gasteiger charge is -2.11. The normalized spacial score (nSPS) is 11.3. The first-order chi connectivity index (χ1) is 12.2. The first-order valence-electron chi connectivity index (χ1n) is 8.74. The van der Waals surface area contributed by atoms with E-state index in [1.54, 1.807) is 17.6 Å². The SMILES string of the molecule is CCNC(=NCCCOCc1ccco1)NCCc1sc(C)nc1C.I. The van der Waals surface area contributed by atoms with Crippen molar-refractivity contribution in [1.82, 2.24) is 15.6 Å². The van der Waals surface area contributed by atoms with Crippen molar-refractivity contribution in [1.29, 1.82) is 0 Å². The highest BCUT2D eigenvalue weighted by Gasteiger charge is 2.05. The molecule has 26 heavy (non-hydrogen) atoms. The monoisotopic (exact) mass is 492 g/mol. The third-order valence-electron chi connectivity index (χ3n) is 3.53. The molecule has 0 saturated heterocycles. The van der Waals surface area contributed by atoms with Crippen LogP contribution in [0.25, 0.3) is 0 Å². The van der Waals surface area contributed by atoms with Gasteiger partial charge < -0.3 is 19.8 Å². The number of thiazole rings is 1. The zero-order valence-electron chi connectivity index (χ0n) is 15.7. The van der Waals surface area contributed by atoms with E-state index >= 15 is 0 Å². The Morgan fingerprint density at radius 3 is 2.85 bits per heavy atom. The van der Waals surface area contributed by atoms with Gasteiger partial charge in [-0.1, -0.05) is 0 Å². The number of aromatic nitrogens is 1. The largest absolute Gasteiger partial charge is 0.467 e. The number of halogens is 1. The molecule has 0 amide bonds. The fraction of sp³-hybridized carbons (Fsp3) is 0.556. The van der Waals surface area contributed by atoms with Gasteiger partial charge in [-0.15, -0.1) is 35.3 Å². The Kier molecular flexibility index (Phi) is 11.5. The van der Waals surface area contributed by atoms with E-state index in [2.05, 4.69) is 34.5 Å². The summed E-state index contributed by atoms with van der Waals surface area (Å²) < 4.78 is 10.8. The summed E-state index contributed by atoms with van der Waals surface area (Å²) >= 11 is 1.77. The van der Waals surface area contributed by atoms with Gasteiger partial charge in [0, 0.05) is 37.5 Å². The van der Waals surface area contributed by atoms with Gasteiger partial charge in [0.25, 0.3) is 0 Å². The molecular weight excluding hydrogens is 463 g/mol. The number of rotatable bonds is 10. The van der Waals surface area contributed by atoms with Gasteiger partial charge >= 0.3 is 0 Å². The summed E-state index contributed by atoms with van der Waals surface area (Å²) in [6.45, 7) is 9.80. The zero-order chi connectivity index (χ0) is 17.9. The van der Waals surface area contributed by atoms with Gasteiger partial charge in [0.2, 0.25) is 0 Å². The Labute approximate surface area is 176 Å². The molecule has 0 saturated carbocycles. The Morgan fingerprint density at radius 1 is 1.35 bits per heavy atom. The average Bonchev–Trinajstić information content (AvgIpc) is 3.20. The van der Waals surface area contributed by atoms with Gasteiger partial charge in [-0.2, -0.15) is 0 Å². The van der Waals surface area contributed by atoms with Crippen LogP contribution in [0.5, 0.6) is 0 Å². The van der Waals surface area contributed by atoms with Crippen LogP contribution in [0.4, 0.5) is 0 Å². The second kappa shape index (κ2) is 13.1. The molecule has 0 radical (unpaired) electrons. The molecule has 0 fully saturated rings. The number of guanidine groups is 1. The molecule has 2 heterocycles. The van der Waals surface area contributed by atoms with E-state index in [1.807, 2.05) is 19.1 Å². The van der Waals surface area contributed by atoms with Crippen LogP contribution >= 0.6 is 35.3 Å². The number of nitrogens with one attached hydrogen (secondary N) is 2. The number of hydrogen-bond donors (Lipinski definition) is 2. The van der Waals surface area contributed by atoms with E-state index in [9.17, 15) is 0 Å². The lowest BCUT2D eigenvalue weighted by Crippen LogP contribution is -2.38. The number of aliphatic imine (C=N–C) groups is 1. The van der Waals surface area contributed by atoms with Crippen molar-refractivity contribution in [2.75, 3.05) is 26.2 Å². The predicted octanol–water partition coefficient (Wildman–Crippen LogP) is 3.68. The second-order valence-corrected chi connectivity index (χ2v) is 6.95. The van der Waals surface area contributed by atoms with Crippen molar-refractivity contribution < 1.29 is 9.15 Å². The van der Waals surface area contributed by atoms with E-state index < -0.39 is 0 Å². The molecule has 2 aromatic rings. The smallest absolute Gasteiger partial charge is 0.191 e. The predicted molar refractivity (Wildman–Crippen MR) is 118 cm³/mol. The lowest BCUT2D eigenvalue weighted by atomic mass is 10.3. The van der Waals surface area contributed by atoms with Crippen LogP contribution < -0.4 is 10.6 Å². The lowest BCUT2D eigenvalue weighted by molar-refractivity contribution is 0.105. The summed E-state index contributed by atoms with van der Waals surface area (Å²) in [4.78, 5) is 10.4. The van der Waals surface area contributed by atoms with E-state index in [0.717, 1.165) is 54.9 Å². The first-order valence-corrected chi connectivity index (χ1v) is 9.56. The molecule has 0 aliphatic heterocycles. The summed E-state index contributed by atoms with van der Waals surface area (Å²) in [6.07, 6.45) is 3.50. The molecule has 0 bridgehead atoms. The molecule has 6 nitrogen and oxygen atoms in total. The third kappa shape index (κ3) is 8.50. The maximum atomic E-state index is 5.56. The summed E-state index contributed by atoms with van der Waals surface area (Å²) in [5.74, 6) is 1.71. The highest BCUT2D eigenvalue weighted by molar-refractivity contribution is 14.0. The van der Waals surface area contributed by atoms with Crippen molar-refractivity contribution in [3.63, 3.8) is 0 Å². The third-order valence-corrected chi connectivity index (χ3v) is 4.66. The maximum Gasteiger partial charge on any atom is 0.191 e. The number of nitrogens with zero attached hydrogens (tertiary/aromatic N) is 2. The molecule has 2 N–H and O–H groups in total. The van der Waals surface area contributed by atoms with Gasteiger partial charge in [0.1, 0.15) is 12.4 Å². The molecule has 0 unspecified atom stereocenters. The highest BCUT2D eigenvalue weighted by atomic mass is 127. The summed E-state index contributed by atoms with van der Waals surface area (Å²) in [5, 5.41) is 7.78. The minimum absolute atomic E-state index is 0. The fourth-order valence-electron chi connectivity index (χ4n) is 2.37. The van der Waals surface area contributed by atoms with E-state index in [1.165, 1.54) is 4.88 Å². The summed E-state index contributed by atoms with van der Waals surface area (Å²) in [7, 11) is 0. The molecule has 0 atom stereocenters. The molecule has 2 aromatic heterocycles. The quantitative estimate of drug-likeness (QED) is 0.229. The molecule has 0 aromatic carbocycles. The van der Waals surface area contributed by atoms with Crippen molar-refractivity contribution in [3.8, 4) is 0 Å². The molecule has 2 rings (SSSR count). The molecule has 0 aliphatic rings. The number of hydrogen-bond acceptors (Lipinski definition) is 5. The van der Waals surface area contributed by atoms with E-state index in [4.69, 9.17) is 9.15 Å². The average molecular weight is 492 g/mol. The molecule has 0 spiro atoms. The van der Waals surface area contributed by atoms with Crippen molar-refractivity contribution in [2.24, 2.45) is 4.99 Å². The van der Waals surface area contributed by atoms with Gasteiger partial charge in [0.15, 0.2) is 5.96 Å². The maximum absolute atomic E-state index is 5.56. The van der Waals surface area contributed by atoms with Gasteiger partial charge in [0.05, 0.1) is 17.0 Å². The van der Waals surface area contributed by atoms with Crippen LogP contribution in [0.1, 0.15) is 34.7 Å². The number of aryl methyl sites for hydroxylation is 2. The van der Waals surface area contributed by atoms with Crippen molar-refractivity contribution in [3.05, 3.63) is 39.7 Å². The van der Waals surface area contributed by atoms with Gasteiger partial charge in [-0.05, 0) is 39.3 Å². The minimum atomic E-state index is 0. The molecule has 146 valence electrons. The van der Waals surface area contributed by atoms with Crippen LogP contribution in [0.3, 0.4) is 0 Å². The van der Waals surface area contributed by atoms with Crippen LogP contribution in [0.15, 0.2) is 27.8 Å². The fourth-order valence-corrected chi connectivity index (χ4v) is 3.30. The Morgan fingerprint density at radius 2 is 2.19 bits per heavy atom. The van der Waals surface area contributed by atoms with Crippen molar-refractivity contribution >= 4 is 41.3 Å². The number of furan rings is 1. The Balaban J connectivity index is 0.00000338. The molecular formula is C18H29IN4O2S. The molecule has 0 aliphatic carbocycles. The first kappa shape index (κ1) is 22.9. The Hall–Kier alpha value is -1.13. The van der Waals surface area contributed by atoms with Crippen LogP contribution in [-0.4, -0.2) is 37.2 Å².